The van der Waals surface area contributed by atoms with Gasteiger partial charge in [0.2, 0.25) is 0 Å². The second-order valence-electron chi connectivity index (χ2n) is 7.86. The van der Waals surface area contributed by atoms with E-state index in [9.17, 15) is 0 Å². The van der Waals surface area contributed by atoms with E-state index in [0.717, 1.165) is 31.5 Å². The van der Waals surface area contributed by atoms with Crippen molar-refractivity contribution in [2.24, 2.45) is 23.2 Å². The first kappa shape index (κ1) is 20.0. The number of hydrogen-bond donors (Lipinski definition) is 1. The summed E-state index contributed by atoms with van der Waals surface area (Å²) in [6, 6.07) is 0. The van der Waals surface area contributed by atoms with Crippen molar-refractivity contribution in [1.29, 1.82) is 0 Å². The zero-order chi connectivity index (χ0) is 16.6. The maximum atomic E-state index is 7.00. The maximum Gasteiger partial charge on any atom is 0.0638 e. The second-order valence-corrected chi connectivity index (χ2v) is 7.86. The van der Waals surface area contributed by atoms with Gasteiger partial charge in [0.1, 0.15) is 0 Å². The van der Waals surface area contributed by atoms with E-state index in [-0.39, 0.29) is 0 Å². The summed E-state index contributed by atoms with van der Waals surface area (Å²) in [5.74, 6) is 2.71. The van der Waals surface area contributed by atoms with Crippen LogP contribution in [-0.4, -0.2) is 24.9 Å². The molecule has 2 fully saturated rings. The summed E-state index contributed by atoms with van der Waals surface area (Å²) in [7, 11) is 1.00. The van der Waals surface area contributed by atoms with Crippen LogP contribution in [-0.2, 0) is 4.74 Å². The Balaban J connectivity index is 0.00000116. The van der Waals surface area contributed by atoms with Gasteiger partial charge in [-0.2, -0.15) is 0 Å². The predicted octanol–water partition coefficient (Wildman–Crippen LogP) is 5.43. The Bertz CT molecular complexity index is 271. The Kier molecular flexibility index (Phi) is 9.01. The molecule has 2 heteroatoms. The minimum atomic E-state index is 0.577. The molecule has 0 aromatic heterocycles. The maximum absolute atomic E-state index is 7.00. The molecule has 2 nitrogen and oxygen atoms in total. The summed E-state index contributed by atoms with van der Waals surface area (Å²) in [5.41, 5.74) is 0.577. The van der Waals surface area contributed by atoms with E-state index in [2.05, 4.69) is 27.7 Å². The number of hydrogen-bond acceptors (Lipinski definition) is 2. The highest BCUT2D eigenvalue weighted by atomic mass is 16.5. The van der Waals surface area contributed by atoms with Gasteiger partial charge in [0.15, 0.2) is 0 Å². The van der Waals surface area contributed by atoms with Crippen LogP contribution < -0.4 is 0 Å². The summed E-state index contributed by atoms with van der Waals surface area (Å²) < 4.78 is 6.19. The monoisotopic (exact) mass is 312 g/mol. The molecule has 0 spiro atoms. The Morgan fingerprint density at radius 1 is 1.05 bits per heavy atom. The third-order valence-corrected chi connectivity index (χ3v) is 6.08. The van der Waals surface area contributed by atoms with Gasteiger partial charge in [-0.05, 0) is 55.3 Å². The average Bonchev–Trinajstić information content (AvgIpc) is 3.25. The zero-order valence-corrected chi connectivity index (χ0v) is 15.7. The van der Waals surface area contributed by atoms with E-state index in [1.54, 1.807) is 0 Å². The van der Waals surface area contributed by atoms with Crippen molar-refractivity contribution in [1.82, 2.24) is 0 Å². The lowest BCUT2D eigenvalue weighted by molar-refractivity contribution is 0.0819. The summed E-state index contributed by atoms with van der Waals surface area (Å²) in [5, 5.41) is 7.00. The molecule has 2 rings (SSSR count). The van der Waals surface area contributed by atoms with Gasteiger partial charge in [-0.15, -0.1) is 0 Å². The van der Waals surface area contributed by atoms with Gasteiger partial charge in [-0.25, -0.2) is 0 Å². The summed E-state index contributed by atoms with van der Waals surface area (Å²) in [4.78, 5) is 0. The van der Waals surface area contributed by atoms with Crippen molar-refractivity contribution in [2.45, 2.75) is 91.6 Å². The number of fused-ring (bicyclic) bond motifs is 1. The fourth-order valence-corrected chi connectivity index (χ4v) is 4.70. The number of ether oxygens (including phenoxy) is 1. The molecule has 22 heavy (non-hydrogen) atoms. The molecule has 0 aromatic rings. The molecule has 2 atom stereocenters. The van der Waals surface area contributed by atoms with Gasteiger partial charge in [-0.1, -0.05) is 53.4 Å². The van der Waals surface area contributed by atoms with Gasteiger partial charge >= 0.3 is 0 Å². The predicted molar refractivity (Wildman–Crippen MR) is 95.0 cm³/mol. The standard InChI is InChI=1S/C19H36O.CH4O/c1-5-19(6-2,14-15(3)4)12-9-13-20-18-16-10-7-8-11-17(16)18;1-2/h15-18H,5-14H2,1-4H3;2H,1H3. The highest BCUT2D eigenvalue weighted by Gasteiger charge is 2.51. The Hall–Kier alpha value is -0.0800. The Labute approximate surface area is 139 Å². The van der Waals surface area contributed by atoms with Gasteiger partial charge in [0.05, 0.1) is 6.10 Å². The summed E-state index contributed by atoms with van der Waals surface area (Å²) >= 11 is 0. The molecule has 0 bridgehead atoms. The molecule has 2 saturated carbocycles. The lowest BCUT2D eigenvalue weighted by Gasteiger charge is -2.33. The quantitative estimate of drug-likeness (QED) is 0.575. The van der Waals surface area contributed by atoms with Crippen LogP contribution in [0.3, 0.4) is 0 Å². The lowest BCUT2D eigenvalue weighted by atomic mass is 9.72. The van der Waals surface area contributed by atoms with E-state index < -0.39 is 0 Å². The first-order chi connectivity index (χ1) is 10.6. The zero-order valence-electron chi connectivity index (χ0n) is 15.7. The van der Waals surface area contributed by atoms with Crippen LogP contribution in [0.25, 0.3) is 0 Å². The summed E-state index contributed by atoms with van der Waals surface area (Å²) in [6.45, 7) is 10.5. The highest BCUT2D eigenvalue weighted by molar-refractivity contribution is 5.00. The molecule has 0 heterocycles. The van der Waals surface area contributed by atoms with Crippen molar-refractivity contribution in [3.8, 4) is 0 Å². The Morgan fingerprint density at radius 3 is 2.05 bits per heavy atom. The fourth-order valence-electron chi connectivity index (χ4n) is 4.70. The SMILES string of the molecule is CCC(CC)(CCCOC1C2CCCCC21)CC(C)C.CO. The molecule has 1 N–H and O–H groups in total. The molecule has 0 aromatic carbocycles. The van der Waals surface area contributed by atoms with E-state index in [0.29, 0.717) is 11.5 Å². The fraction of sp³-hybridized carbons (Fsp3) is 1.00. The molecule has 0 amide bonds. The van der Waals surface area contributed by atoms with Crippen molar-refractivity contribution in [3.05, 3.63) is 0 Å². The molecular weight excluding hydrogens is 272 g/mol. The van der Waals surface area contributed by atoms with Gasteiger partial charge < -0.3 is 9.84 Å². The molecular formula is C20H40O2. The number of aliphatic hydroxyl groups is 1. The molecule has 2 aliphatic carbocycles. The molecule has 132 valence electrons. The van der Waals surface area contributed by atoms with Crippen LogP contribution in [0.1, 0.15) is 85.5 Å². The average molecular weight is 313 g/mol. The lowest BCUT2D eigenvalue weighted by Crippen LogP contribution is -2.22. The molecule has 0 saturated heterocycles. The van der Waals surface area contributed by atoms with Crippen molar-refractivity contribution >= 4 is 0 Å². The van der Waals surface area contributed by atoms with Crippen LogP contribution >= 0.6 is 0 Å². The van der Waals surface area contributed by atoms with Crippen LogP contribution in [0.5, 0.6) is 0 Å². The minimum Gasteiger partial charge on any atom is -0.400 e. The first-order valence-corrected chi connectivity index (χ1v) is 9.68. The molecule has 2 aliphatic rings. The van der Waals surface area contributed by atoms with E-state index in [1.165, 1.54) is 57.8 Å². The third-order valence-electron chi connectivity index (χ3n) is 6.08. The van der Waals surface area contributed by atoms with Crippen LogP contribution in [0.15, 0.2) is 0 Å². The largest absolute Gasteiger partial charge is 0.400 e. The minimum absolute atomic E-state index is 0.577. The van der Waals surface area contributed by atoms with Crippen molar-refractivity contribution in [2.75, 3.05) is 13.7 Å². The topological polar surface area (TPSA) is 29.5 Å². The Morgan fingerprint density at radius 2 is 1.59 bits per heavy atom. The van der Waals surface area contributed by atoms with Gasteiger partial charge in [-0.3, -0.25) is 0 Å². The van der Waals surface area contributed by atoms with E-state index in [4.69, 9.17) is 9.84 Å². The third kappa shape index (κ3) is 5.53. The van der Waals surface area contributed by atoms with Crippen LogP contribution in [0.2, 0.25) is 0 Å². The summed E-state index contributed by atoms with van der Waals surface area (Å²) in [6.07, 6.45) is 13.1. The second kappa shape index (κ2) is 9.93. The van der Waals surface area contributed by atoms with Gasteiger partial charge in [0.25, 0.3) is 0 Å². The number of rotatable bonds is 9. The van der Waals surface area contributed by atoms with E-state index >= 15 is 0 Å². The molecule has 0 radical (unpaired) electrons. The number of aliphatic hydroxyl groups excluding tert-OH is 1. The first-order valence-electron chi connectivity index (χ1n) is 9.68. The van der Waals surface area contributed by atoms with Crippen LogP contribution in [0, 0.1) is 23.2 Å². The highest BCUT2D eigenvalue weighted by Crippen LogP contribution is 2.51. The smallest absolute Gasteiger partial charge is 0.0638 e. The normalized spacial score (nSPS) is 27.1. The van der Waals surface area contributed by atoms with Gasteiger partial charge in [0, 0.05) is 13.7 Å². The van der Waals surface area contributed by atoms with Crippen LogP contribution in [0.4, 0.5) is 0 Å². The molecule has 2 unspecified atom stereocenters. The van der Waals surface area contributed by atoms with Crippen molar-refractivity contribution < 1.29 is 9.84 Å². The van der Waals surface area contributed by atoms with Crippen molar-refractivity contribution in [3.63, 3.8) is 0 Å². The van der Waals surface area contributed by atoms with E-state index in [1.807, 2.05) is 0 Å². The molecule has 0 aliphatic heterocycles.